The Morgan fingerprint density at radius 2 is 1.39 bits per heavy atom. The lowest BCUT2D eigenvalue weighted by molar-refractivity contribution is 1.30. The molecule has 2 nitrogen and oxygen atoms in total. The molecule has 0 amide bonds. The van der Waals surface area contributed by atoms with Gasteiger partial charge in [-0.05, 0) is 27.1 Å². The van der Waals surface area contributed by atoms with Crippen molar-refractivity contribution < 1.29 is 0 Å². The maximum atomic E-state index is 4.29. The van der Waals surface area contributed by atoms with Crippen molar-refractivity contribution in [3.05, 3.63) is 65.5 Å². The first-order valence-corrected chi connectivity index (χ1v) is 6.48. The summed E-state index contributed by atoms with van der Waals surface area (Å²) in [4.78, 5) is 7.30. The average molecular weight is 299 g/mol. The van der Waals surface area contributed by atoms with E-state index in [9.17, 15) is 0 Å². The Hall–Kier alpha value is -1.87. The third kappa shape index (κ3) is 2.09. The van der Waals surface area contributed by atoms with E-state index in [0.717, 1.165) is 15.9 Å². The molecule has 2 aromatic carbocycles. The minimum atomic E-state index is 0.912. The van der Waals surface area contributed by atoms with Gasteiger partial charge in [0, 0.05) is 5.56 Å². The van der Waals surface area contributed by atoms with E-state index in [0.29, 0.717) is 0 Å². The molecule has 3 rings (SSSR count). The number of halogens is 1. The Labute approximate surface area is 114 Å². The van der Waals surface area contributed by atoms with Crippen LogP contribution in [0.1, 0.15) is 0 Å². The summed E-state index contributed by atoms with van der Waals surface area (Å²) in [6.45, 7) is 0. The zero-order chi connectivity index (χ0) is 12.4. The number of hydrogen-bond donors (Lipinski definition) is 1. The molecule has 0 aliphatic heterocycles. The van der Waals surface area contributed by atoms with Crippen LogP contribution in [-0.2, 0) is 0 Å². The highest BCUT2D eigenvalue weighted by atomic mass is 79.9. The largest absolute Gasteiger partial charge is 0.339 e. The van der Waals surface area contributed by atoms with Crippen LogP contribution in [0.5, 0.6) is 0 Å². The summed E-state index contributed by atoms with van der Waals surface area (Å²) in [6, 6.07) is 18.8. The Bertz CT molecular complexity index is 642. The highest BCUT2D eigenvalue weighted by Crippen LogP contribution is 2.27. The molecule has 0 fully saturated rings. The molecule has 0 spiro atoms. The molecule has 88 valence electrons. The molecule has 1 N–H and O–H groups in total. The van der Waals surface area contributed by atoms with Crippen molar-refractivity contribution in [1.82, 2.24) is 9.97 Å². The molecular weight excluding hydrogens is 288 g/mol. The maximum Gasteiger partial charge on any atom is 0.110 e. The normalized spacial score (nSPS) is 10.5. The lowest BCUT2D eigenvalue weighted by Gasteiger charge is -2.03. The number of benzene rings is 2. The summed E-state index contributed by atoms with van der Waals surface area (Å²) in [5, 5.41) is 0. The van der Waals surface area contributed by atoms with Gasteiger partial charge >= 0.3 is 0 Å². The van der Waals surface area contributed by atoms with Crippen molar-refractivity contribution in [2.24, 2.45) is 0 Å². The number of hydrogen-bond acceptors (Lipinski definition) is 1. The number of nitrogens with zero attached hydrogens (tertiary/aromatic N) is 1. The van der Waals surface area contributed by atoms with Crippen LogP contribution in [0.25, 0.3) is 22.4 Å². The number of aromatic amines is 1. The minimum absolute atomic E-state index is 0.912. The van der Waals surface area contributed by atoms with Crippen molar-refractivity contribution in [2.75, 3.05) is 0 Å². The molecule has 3 aromatic rings. The molecule has 0 saturated heterocycles. The van der Waals surface area contributed by atoms with Gasteiger partial charge < -0.3 is 4.98 Å². The molecule has 1 aromatic heterocycles. The summed E-state index contributed by atoms with van der Waals surface area (Å²) >= 11 is 3.45. The first-order chi connectivity index (χ1) is 8.84. The molecule has 0 unspecified atom stereocenters. The minimum Gasteiger partial charge on any atom is -0.339 e. The monoisotopic (exact) mass is 298 g/mol. The van der Waals surface area contributed by atoms with E-state index < -0.39 is 0 Å². The fraction of sp³-hybridized carbons (Fsp3) is 0. The summed E-state index contributed by atoms with van der Waals surface area (Å²) in [5.74, 6) is 0. The number of imidazole rings is 1. The van der Waals surface area contributed by atoms with E-state index in [-0.39, 0.29) is 0 Å². The average Bonchev–Trinajstić information content (AvgIpc) is 2.86. The summed E-state index contributed by atoms with van der Waals surface area (Å²) in [6.07, 6.45) is 1.69. The number of rotatable bonds is 2. The van der Waals surface area contributed by atoms with Gasteiger partial charge in [0.05, 0.1) is 6.33 Å². The van der Waals surface area contributed by atoms with Crippen LogP contribution in [0.15, 0.2) is 65.5 Å². The molecule has 0 aliphatic rings. The highest BCUT2D eigenvalue weighted by Gasteiger charge is 2.05. The molecule has 0 aliphatic carbocycles. The van der Waals surface area contributed by atoms with Gasteiger partial charge in [0.25, 0.3) is 0 Å². The van der Waals surface area contributed by atoms with Crippen molar-refractivity contribution in [1.29, 1.82) is 0 Å². The molecule has 3 heteroatoms. The van der Waals surface area contributed by atoms with Crippen molar-refractivity contribution in [3.63, 3.8) is 0 Å². The third-order valence-electron chi connectivity index (χ3n) is 2.86. The molecule has 0 atom stereocenters. The molecule has 1 heterocycles. The smallest absolute Gasteiger partial charge is 0.110 e. The van der Waals surface area contributed by atoms with Crippen LogP contribution in [0, 0.1) is 0 Å². The van der Waals surface area contributed by atoms with Crippen molar-refractivity contribution in [2.45, 2.75) is 0 Å². The summed E-state index contributed by atoms with van der Waals surface area (Å²) in [5.41, 5.74) is 4.48. The van der Waals surface area contributed by atoms with E-state index in [1.807, 2.05) is 18.2 Å². The molecule has 0 bridgehead atoms. The Balaban J connectivity index is 1.97. The lowest BCUT2D eigenvalue weighted by atomic mass is 10.0. The molecule has 18 heavy (non-hydrogen) atoms. The Morgan fingerprint density at radius 3 is 2.00 bits per heavy atom. The van der Waals surface area contributed by atoms with Crippen molar-refractivity contribution >= 4 is 15.9 Å². The van der Waals surface area contributed by atoms with Gasteiger partial charge in [0.1, 0.15) is 10.3 Å². The predicted molar refractivity (Wildman–Crippen MR) is 77.2 cm³/mol. The number of nitrogens with one attached hydrogen (secondary N) is 1. The van der Waals surface area contributed by atoms with Crippen LogP contribution >= 0.6 is 15.9 Å². The predicted octanol–water partition coefficient (Wildman–Crippen LogP) is 4.51. The van der Waals surface area contributed by atoms with Gasteiger partial charge in [0.2, 0.25) is 0 Å². The van der Waals surface area contributed by atoms with Gasteiger partial charge in [-0.3, -0.25) is 0 Å². The maximum absolute atomic E-state index is 4.29. The van der Waals surface area contributed by atoms with Gasteiger partial charge in [0.15, 0.2) is 0 Å². The molecular formula is C15H11BrN2. The second-order valence-corrected chi connectivity index (χ2v) is 4.80. The molecule has 0 saturated carbocycles. The van der Waals surface area contributed by atoms with Crippen LogP contribution in [0.2, 0.25) is 0 Å². The first kappa shape index (κ1) is 11.2. The Morgan fingerprint density at radius 1 is 0.778 bits per heavy atom. The lowest BCUT2D eigenvalue weighted by Crippen LogP contribution is -1.81. The van der Waals surface area contributed by atoms with Gasteiger partial charge in [-0.2, -0.15) is 0 Å². The van der Waals surface area contributed by atoms with Crippen LogP contribution < -0.4 is 0 Å². The van der Waals surface area contributed by atoms with Gasteiger partial charge in [-0.1, -0.05) is 54.6 Å². The second kappa shape index (κ2) is 4.78. The fourth-order valence-electron chi connectivity index (χ4n) is 1.93. The highest BCUT2D eigenvalue weighted by molar-refractivity contribution is 9.10. The fourth-order valence-corrected chi connectivity index (χ4v) is 2.36. The topological polar surface area (TPSA) is 28.7 Å². The van der Waals surface area contributed by atoms with E-state index in [1.165, 1.54) is 11.1 Å². The molecule has 0 radical (unpaired) electrons. The first-order valence-electron chi connectivity index (χ1n) is 5.69. The summed E-state index contributed by atoms with van der Waals surface area (Å²) < 4.78 is 0.912. The third-order valence-corrected chi connectivity index (χ3v) is 3.46. The van der Waals surface area contributed by atoms with E-state index in [1.54, 1.807) is 6.33 Å². The van der Waals surface area contributed by atoms with E-state index in [4.69, 9.17) is 0 Å². The standard InChI is InChI=1S/C15H11BrN2/c16-15-14(17-10-18-15)13-8-6-12(7-9-13)11-4-2-1-3-5-11/h1-10H,(H,17,18). The van der Waals surface area contributed by atoms with Gasteiger partial charge in [-0.15, -0.1) is 0 Å². The Kier molecular flexibility index (Phi) is 2.99. The summed E-state index contributed by atoms with van der Waals surface area (Å²) in [7, 11) is 0. The zero-order valence-electron chi connectivity index (χ0n) is 9.60. The quantitative estimate of drug-likeness (QED) is 0.741. The SMILES string of the molecule is Brc1[nH]cnc1-c1ccc(-c2ccccc2)cc1. The van der Waals surface area contributed by atoms with E-state index >= 15 is 0 Å². The second-order valence-electron chi connectivity index (χ2n) is 4.01. The van der Waals surface area contributed by atoms with Gasteiger partial charge in [-0.25, -0.2) is 4.98 Å². The number of aromatic nitrogens is 2. The van der Waals surface area contributed by atoms with Crippen LogP contribution in [0.3, 0.4) is 0 Å². The van der Waals surface area contributed by atoms with Crippen LogP contribution in [0.4, 0.5) is 0 Å². The van der Waals surface area contributed by atoms with Crippen molar-refractivity contribution in [3.8, 4) is 22.4 Å². The van der Waals surface area contributed by atoms with E-state index in [2.05, 4.69) is 62.3 Å². The zero-order valence-corrected chi connectivity index (χ0v) is 11.2. The number of H-pyrrole nitrogens is 1. The van der Waals surface area contributed by atoms with Crippen LogP contribution in [-0.4, -0.2) is 9.97 Å².